The largest absolute Gasteiger partial charge is 0.492 e. The molecule has 0 amide bonds. The maximum absolute atomic E-state index is 13.6. The maximum Gasteiger partial charge on any atom is 0.321 e. The SMILES string of the molecule is CC1CCC(c2ccc(-c3ccc(OC(=O)C4COc5ccc6c(c5-c5c(ccc7c5CCCC7)OC4)CCCC6)cc3)cc2)CC1. The zero-order valence-corrected chi connectivity index (χ0v) is 27.7. The third kappa shape index (κ3) is 6.20. The van der Waals surface area contributed by atoms with Gasteiger partial charge in [-0.25, -0.2) is 0 Å². The lowest BCUT2D eigenvalue weighted by Crippen LogP contribution is -2.31. The number of carbonyl (C=O) groups excluding carboxylic acids is 1. The van der Waals surface area contributed by atoms with Crippen LogP contribution in [-0.4, -0.2) is 19.2 Å². The summed E-state index contributed by atoms with van der Waals surface area (Å²) in [5.41, 5.74) is 11.8. The minimum atomic E-state index is -0.559. The fourth-order valence-corrected chi connectivity index (χ4v) is 8.42. The third-order valence-electron chi connectivity index (χ3n) is 11.3. The summed E-state index contributed by atoms with van der Waals surface area (Å²) in [7, 11) is 0. The van der Waals surface area contributed by atoms with E-state index in [-0.39, 0.29) is 19.2 Å². The van der Waals surface area contributed by atoms with E-state index in [1.165, 1.54) is 95.9 Å². The lowest BCUT2D eigenvalue weighted by atomic mass is 9.79. The highest BCUT2D eigenvalue weighted by molar-refractivity contribution is 5.84. The van der Waals surface area contributed by atoms with Gasteiger partial charge in [0.25, 0.3) is 0 Å². The lowest BCUT2D eigenvalue weighted by Gasteiger charge is -2.27. The Morgan fingerprint density at radius 3 is 1.68 bits per heavy atom. The van der Waals surface area contributed by atoms with Crippen LogP contribution in [0.25, 0.3) is 22.3 Å². The predicted molar refractivity (Wildman–Crippen MR) is 188 cm³/mol. The highest BCUT2D eigenvalue weighted by Gasteiger charge is 2.31. The normalized spacial score (nSPS) is 20.9. The molecule has 0 spiro atoms. The lowest BCUT2D eigenvalue weighted by molar-refractivity contribution is -0.141. The molecule has 4 aromatic carbocycles. The van der Waals surface area contributed by atoms with E-state index in [1.54, 1.807) is 0 Å². The predicted octanol–water partition coefficient (Wildman–Crippen LogP) is 10.1. The van der Waals surface area contributed by atoms with Gasteiger partial charge in [0.15, 0.2) is 0 Å². The van der Waals surface area contributed by atoms with Gasteiger partial charge in [-0.3, -0.25) is 4.79 Å². The van der Waals surface area contributed by atoms with Crippen LogP contribution >= 0.6 is 0 Å². The molecular formula is C43H46O4. The van der Waals surface area contributed by atoms with Crippen molar-refractivity contribution in [2.75, 3.05) is 13.2 Å². The number of carbonyl (C=O) groups is 1. The fraction of sp³-hybridized carbons (Fsp3) is 0.419. The van der Waals surface area contributed by atoms with Crippen molar-refractivity contribution in [1.82, 2.24) is 0 Å². The summed E-state index contributed by atoms with van der Waals surface area (Å²) in [6.45, 7) is 2.80. The van der Waals surface area contributed by atoms with E-state index in [0.29, 0.717) is 11.7 Å². The smallest absolute Gasteiger partial charge is 0.321 e. The Morgan fingerprint density at radius 1 is 0.617 bits per heavy atom. The van der Waals surface area contributed by atoms with Gasteiger partial charge in [0.05, 0.1) is 0 Å². The molecule has 1 saturated carbocycles. The van der Waals surface area contributed by atoms with E-state index in [2.05, 4.69) is 55.5 Å². The molecule has 0 atom stereocenters. The molecular weight excluding hydrogens is 580 g/mol. The van der Waals surface area contributed by atoms with Crippen molar-refractivity contribution in [3.63, 3.8) is 0 Å². The monoisotopic (exact) mass is 626 g/mol. The first kappa shape index (κ1) is 30.3. The quantitative estimate of drug-likeness (QED) is 0.167. The molecule has 1 aliphatic heterocycles. The molecule has 4 heteroatoms. The van der Waals surface area contributed by atoms with Crippen molar-refractivity contribution >= 4 is 5.97 Å². The summed E-state index contributed by atoms with van der Waals surface area (Å²) in [5, 5.41) is 0. The standard InChI is InChI=1S/C43H46O4/c1-28-10-12-29(13-11-28)30-14-16-31(17-15-30)32-18-22-36(23-19-32)47-43(44)35-26-45-39-24-20-33-6-2-4-8-37(33)41(39)42-38-9-5-3-7-34(38)21-25-40(42)46-27-35/h14-25,28-29,35H,2-13,26-27H2,1H3. The number of hydrogen-bond donors (Lipinski definition) is 0. The van der Waals surface area contributed by atoms with E-state index in [4.69, 9.17) is 14.2 Å². The topological polar surface area (TPSA) is 44.8 Å². The van der Waals surface area contributed by atoms with Gasteiger partial charge in [-0.2, -0.15) is 0 Å². The summed E-state index contributed by atoms with van der Waals surface area (Å²) in [5.74, 6) is 2.92. The Kier molecular flexibility index (Phi) is 8.52. The first-order chi connectivity index (χ1) is 23.1. The molecule has 0 saturated heterocycles. The molecule has 0 aromatic heterocycles. The van der Waals surface area contributed by atoms with Gasteiger partial charge in [0, 0.05) is 11.1 Å². The van der Waals surface area contributed by atoms with Gasteiger partial charge in [0.1, 0.15) is 36.4 Å². The molecule has 242 valence electrons. The van der Waals surface area contributed by atoms with E-state index < -0.39 is 5.92 Å². The highest BCUT2D eigenvalue weighted by atomic mass is 16.5. The van der Waals surface area contributed by atoms with Crippen LogP contribution in [0.1, 0.15) is 92.0 Å². The van der Waals surface area contributed by atoms with Crippen LogP contribution in [0.3, 0.4) is 0 Å². The minimum absolute atomic E-state index is 0.213. The molecule has 8 rings (SSSR count). The molecule has 4 aromatic rings. The van der Waals surface area contributed by atoms with Crippen molar-refractivity contribution in [2.24, 2.45) is 11.8 Å². The molecule has 4 nitrogen and oxygen atoms in total. The van der Waals surface area contributed by atoms with Gasteiger partial charge in [-0.15, -0.1) is 0 Å². The molecule has 1 fully saturated rings. The van der Waals surface area contributed by atoms with Crippen LogP contribution in [0.2, 0.25) is 0 Å². The Balaban J connectivity index is 1.01. The minimum Gasteiger partial charge on any atom is -0.492 e. The van der Waals surface area contributed by atoms with Gasteiger partial charge in [0.2, 0.25) is 0 Å². The zero-order chi connectivity index (χ0) is 31.7. The van der Waals surface area contributed by atoms with Crippen LogP contribution in [0.4, 0.5) is 0 Å². The van der Waals surface area contributed by atoms with E-state index >= 15 is 0 Å². The van der Waals surface area contributed by atoms with E-state index in [0.717, 1.165) is 48.7 Å². The van der Waals surface area contributed by atoms with Crippen LogP contribution in [0.5, 0.6) is 17.2 Å². The number of fused-ring (bicyclic) bond motifs is 7. The second-order valence-corrected chi connectivity index (χ2v) is 14.4. The Labute approximate surface area is 279 Å². The van der Waals surface area contributed by atoms with Gasteiger partial charge < -0.3 is 14.2 Å². The van der Waals surface area contributed by atoms with Crippen LogP contribution in [0, 0.1) is 11.8 Å². The fourth-order valence-electron chi connectivity index (χ4n) is 8.42. The first-order valence-corrected chi connectivity index (χ1v) is 18.1. The number of rotatable bonds is 4. The highest BCUT2D eigenvalue weighted by Crippen LogP contribution is 2.47. The van der Waals surface area contributed by atoms with Crippen LogP contribution in [0.15, 0.2) is 72.8 Å². The molecule has 0 bridgehead atoms. The zero-order valence-electron chi connectivity index (χ0n) is 27.7. The van der Waals surface area contributed by atoms with Crippen molar-refractivity contribution in [3.8, 4) is 39.5 Å². The summed E-state index contributed by atoms with van der Waals surface area (Å²) in [6, 6.07) is 25.6. The summed E-state index contributed by atoms with van der Waals surface area (Å²) < 4.78 is 19.0. The third-order valence-corrected chi connectivity index (χ3v) is 11.3. The number of benzene rings is 4. The van der Waals surface area contributed by atoms with Gasteiger partial charge >= 0.3 is 5.97 Å². The summed E-state index contributed by atoms with van der Waals surface area (Å²) >= 11 is 0. The van der Waals surface area contributed by atoms with E-state index in [9.17, 15) is 4.79 Å². The van der Waals surface area contributed by atoms with Gasteiger partial charge in [-0.05, 0) is 139 Å². The molecule has 0 unspecified atom stereocenters. The molecule has 3 aliphatic carbocycles. The number of esters is 1. The van der Waals surface area contributed by atoms with Crippen molar-refractivity contribution < 1.29 is 19.0 Å². The molecule has 0 N–H and O–H groups in total. The first-order valence-electron chi connectivity index (χ1n) is 18.1. The van der Waals surface area contributed by atoms with Crippen molar-refractivity contribution in [1.29, 1.82) is 0 Å². The van der Waals surface area contributed by atoms with E-state index in [1.807, 2.05) is 24.3 Å². The molecule has 47 heavy (non-hydrogen) atoms. The number of ether oxygens (including phenoxy) is 3. The Hall–Kier alpha value is -4.05. The van der Waals surface area contributed by atoms with Crippen LogP contribution in [-0.2, 0) is 30.5 Å². The average molecular weight is 627 g/mol. The molecule has 0 radical (unpaired) electrons. The van der Waals surface area contributed by atoms with Crippen molar-refractivity contribution in [3.05, 3.63) is 101 Å². The number of hydrogen-bond acceptors (Lipinski definition) is 4. The second kappa shape index (κ2) is 13.2. The van der Waals surface area contributed by atoms with Gasteiger partial charge in [-0.1, -0.05) is 68.3 Å². The van der Waals surface area contributed by atoms with Crippen molar-refractivity contribution in [2.45, 2.75) is 89.9 Å². The molecule has 4 aliphatic rings. The average Bonchev–Trinajstić information content (AvgIpc) is 3.20. The summed E-state index contributed by atoms with van der Waals surface area (Å²) in [4.78, 5) is 13.6. The van der Waals surface area contributed by atoms with Crippen LogP contribution < -0.4 is 14.2 Å². The Morgan fingerprint density at radius 2 is 1.13 bits per heavy atom. The summed E-state index contributed by atoms with van der Waals surface area (Å²) in [6.07, 6.45) is 14.4. The number of aryl methyl sites for hydroxylation is 2. The Bertz CT molecular complexity index is 1670. The maximum atomic E-state index is 13.6. The molecule has 1 heterocycles. The second-order valence-electron chi connectivity index (χ2n) is 14.4.